The summed E-state index contributed by atoms with van der Waals surface area (Å²) in [6, 6.07) is 1.57. The van der Waals surface area contributed by atoms with Gasteiger partial charge in [0.05, 0.1) is 22.4 Å². The van der Waals surface area contributed by atoms with Crippen LogP contribution in [0, 0.1) is 6.92 Å². The van der Waals surface area contributed by atoms with E-state index in [2.05, 4.69) is 25.7 Å². The summed E-state index contributed by atoms with van der Waals surface area (Å²) < 4.78 is 40.2. The first-order valence-electron chi connectivity index (χ1n) is 12.1. The molecule has 2 aliphatic heterocycles. The number of piperidine rings is 1. The maximum absolute atomic E-state index is 13.4. The van der Waals surface area contributed by atoms with Crippen molar-refractivity contribution in [3.05, 3.63) is 56.1 Å². The lowest BCUT2D eigenvalue weighted by atomic mass is 9.90. The second-order valence-electron chi connectivity index (χ2n) is 9.73. The largest absolute Gasteiger partial charge is 0.406 e. The van der Waals surface area contributed by atoms with Crippen molar-refractivity contribution in [3.63, 3.8) is 0 Å². The van der Waals surface area contributed by atoms with Crippen LogP contribution in [0.15, 0.2) is 23.1 Å². The van der Waals surface area contributed by atoms with E-state index in [1.807, 2.05) is 0 Å². The van der Waals surface area contributed by atoms with Gasteiger partial charge < -0.3 is 15.1 Å². The molecule has 38 heavy (non-hydrogen) atoms. The standard InChI is InChI=1S/C24H25ClF3N7O3/c1-12-6-15(21(36)33-31-12)13-2-4-34(5-3-13)23(38)30-19-8-14-7-18(25)20-16(9-29-32-20)17(14)10-35(22(19)37)11-24(26,27)28/h6-7,9,13,19H,2-5,8,10-11H2,1H3,(H,29,32)(H,30,38)(H,33,36)/t19-/m0/s1. The fraction of sp³-hybridized carbons (Fsp3) is 0.458. The minimum atomic E-state index is -4.62. The van der Waals surface area contributed by atoms with Crippen LogP contribution in [0.3, 0.4) is 0 Å². The van der Waals surface area contributed by atoms with Crippen LogP contribution in [0.1, 0.15) is 41.1 Å². The maximum Gasteiger partial charge on any atom is 0.406 e. The number of fused-ring (bicyclic) bond motifs is 3. The topological polar surface area (TPSA) is 127 Å². The van der Waals surface area contributed by atoms with Crippen molar-refractivity contribution in [1.29, 1.82) is 0 Å². The lowest BCUT2D eigenvalue weighted by molar-refractivity contribution is -0.163. The number of aromatic nitrogens is 4. The smallest absolute Gasteiger partial charge is 0.327 e. The quantitative estimate of drug-likeness (QED) is 0.461. The van der Waals surface area contributed by atoms with Crippen LogP contribution in [-0.4, -0.2) is 74.0 Å². The van der Waals surface area contributed by atoms with Crippen molar-refractivity contribution in [3.8, 4) is 0 Å². The molecule has 14 heteroatoms. The molecule has 2 aliphatic rings. The number of hydrogen-bond donors (Lipinski definition) is 3. The maximum atomic E-state index is 13.4. The lowest BCUT2D eigenvalue weighted by Crippen LogP contribution is -2.54. The molecule has 1 aromatic carbocycles. The number of carbonyl (C=O) groups is 2. The average molecular weight is 552 g/mol. The number of H-pyrrole nitrogens is 2. The normalized spacial score (nSPS) is 19.0. The van der Waals surface area contributed by atoms with E-state index in [1.165, 1.54) is 11.1 Å². The van der Waals surface area contributed by atoms with Crippen LogP contribution >= 0.6 is 11.6 Å². The van der Waals surface area contributed by atoms with E-state index in [-0.39, 0.29) is 24.4 Å². The predicted molar refractivity (Wildman–Crippen MR) is 132 cm³/mol. The first kappa shape index (κ1) is 26.0. The molecule has 3 N–H and O–H groups in total. The van der Waals surface area contributed by atoms with Crippen molar-refractivity contribution in [2.75, 3.05) is 19.6 Å². The molecule has 0 bridgehead atoms. The summed E-state index contributed by atoms with van der Waals surface area (Å²) in [6.07, 6.45) is -2.13. The Balaban J connectivity index is 1.35. The van der Waals surface area contributed by atoms with Gasteiger partial charge in [-0.25, -0.2) is 9.89 Å². The molecule has 0 aliphatic carbocycles. The average Bonchev–Trinajstić information content (AvgIpc) is 3.32. The Bertz CT molecular complexity index is 1450. The number of alkyl halides is 3. The highest BCUT2D eigenvalue weighted by Gasteiger charge is 2.39. The number of carbonyl (C=O) groups excluding carboxylic acids is 2. The summed E-state index contributed by atoms with van der Waals surface area (Å²) in [5.41, 5.74) is 2.57. The molecule has 0 spiro atoms. The second-order valence-corrected chi connectivity index (χ2v) is 10.1. The zero-order chi connectivity index (χ0) is 27.2. The number of nitrogens with zero attached hydrogens (tertiary/aromatic N) is 4. The molecule has 1 fully saturated rings. The molecule has 4 heterocycles. The Morgan fingerprint density at radius 2 is 1.95 bits per heavy atom. The lowest BCUT2D eigenvalue weighted by Gasteiger charge is -2.33. The Kier molecular flexibility index (Phi) is 6.80. The van der Waals surface area contributed by atoms with Crippen LogP contribution in [0.4, 0.5) is 18.0 Å². The van der Waals surface area contributed by atoms with E-state index >= 15 is 0 Å². The summed E-state index contributed by atoms with van der Waals surface area (Å²) in [4.78, 5) is 40.8. The van der Waals surface area contributed by atoms with Crippen molar-refractivity contribution >= 4 is 34.4 Å². The Hall–Kier alpha value is -3.61. The van der Waals surface area contributed by atoms with Crippen LogP contribution in [-0.2, 0) is 17.8 Å². The monoisotopic (exact) mass is 551 g/mol. The van der Waals surface area contributed by atoms with Crippen molar-refractivity contribution in [2.45, 2.75) is 50.9 Å². The highest BCUT2D eigenvalue weighted by molar-refractivity contribution is 6.35. The van der Waals surface area contributed by atoms with Gasteiger partial charge in [0.1, 0.15) is 12.6 Å². The van der Waals surface area contributed by atoms with Crippen molar-refractivity contribution in [2.24, 2.45) is 0 Å². The molecule has 3 amide bonds. The van der Waals surface area contributed by atoms with E-state index in [4.69, 9.17) is 11.6 Å². The van der Waals surface area contributed by atoms with Crippen LogP contribution in [0.5, 0.6) is 0 Å². The zero-order valence-electron chi connectivity index (χ0n) is 20.4. The molecule has 3 aromatic rings. The summed E-state index contributed by atoms with van der Waals surface area (Å²) in [6.45, 7) is 0.672. The number of benzene rings is 1. The van der Waals surface area contributed by atoms with Gasteiger partial charge in [-0.1, -0.05) is 11.6 Å². The molecule has 0 unspecified atom stereocenters. The molecule has 0 radical (unpaired) electrons. The van der Waals surface area contributed by atoms with Gasteiger partial charge in [0.15, 0.2) is 0 Å². The van der Waals surface area contributed by atoms with Crippen LogP contribution in [0.2, 0.25) is 5.02 Å². The summed E-state index contributed by atoms with van der Waals surface area (Å²) in [5.74, 6) is -0.883. The minimum Gasteiger partial charge on any atom is -0.327 e. The third-order valence-corrected chi connectivity index (χ3v) is 7.42. The molecule has 202 valence electrons. The van der Waals surface area contributed by atoms with E-state index in [0.29, 0.717) is 69.1 Å². The van der Waals surface area contributed by atoms with Gasteiger partial charge >= 0.3 is 12.2 Å². The molecule has 2 aromatic heterocycles. The summed E-state index contributed by atoms with van der Waals surface area (Å²) >= 11 is 6.35. The number of hydrogen-bond acceptors (Lipinski definition) is 5. The fourth-order valence-electron chi connectivity index (χ4n) is 5.27. The molecule has 0 saturated carbocycles. The SMILES string of the molecule is Cc1cc(C2CCN(C(=O)N[C@H]3Cc4cc(Cl)c5[nH]ncc5c4CN(CC(F)(F)F)C3=O)CC2)c(=O)[nH]n1. The molecule has 5 rings (SSSR count). The van der Waals surface area contributed by atoms with Crippen molar-refractivity contribution in [1.82, 2.24) is 35.5 Å². The number of rotatable bonds is 3. The van der Waals surface area contributed by atoms with E-state index in [0.717, 1.165) is 0 Å². The Morgan fingerprint density at radius 1 is 1.21 bits per heavy atom. The predicted octanol–water partition coefficient (Wildman–Crippen LogP) is 3.01. The second kappa shape index (κ2) is 9.93. The van der Waals surface area contributed by atoms with E-state index < -0.39 is 30.7 Å². The molecule has 10 nitrogen and oxygen atoms in total. The number of aryl methyl sites for hydroxylation is 1. The number of urea groups is 1. The van der Waals surface area contributed by atoms with Gasteiger partial charge in [-0.3, -0.25) is 14.7 Å². The highest BCUT2D eigenvalue weighted by atomic mass is 35.5. The number of likely N-dealkylation sites (tertiary alicyclic amines) is 1. The zero-order valence-corrected chi connectivity index (χ0v) is 21.1. The minimum absolute atomic E-state index is 0.0166. The van der Waals surface area contributed by atoms with Gasteiger partial charge in [0.25, 0.3) is 5.56 Å². The number of nitrogens with one attached hydrogen (secondary N) is 3. The van der Waals surface area contributed by atoms with Gasteiger partial charge in [0.2, 0.25) is 5.91 Å². The first-order chi connectivity index (χ1) is 18.0. The number of aromatic amines is 2. The molecular weight excluding hydrogens is 527 g/mol. The molecular formula is C24H25ClF3N7O3. The van der Waals surface area contributed by atoms with E-state index in [9.17, 15) is 27.6 Å². The molecule has 1 atom stereocenters. The summed E-state index contributed by atoms with van der Waals surface area (Å²) in [5, 5.41) is 16.5. The Morgan fingerprint density at radius 3 is 2.66 bits per heavy atom. The van der Waals surface area contributed by atoms with Gasteiger partial charge in [-0.05, 0) is 48.9 Å². The van der Waals surface area contributed by atoms with E-state index in [1.54, 1.807) is 19.1 Å². The van der Waals surface area contributed by atoms with Crippen LogP contribution < -0.4 is 10.9 Å². The third-order valence-electron chi connectivity index (χ3n) is 7.12. The third kappa shape index (κ3) is 5.19. The molecule has 1 saturated heterocycles. The highest BCUT2D eigenvalue weighted by Crippen LogP contribution is 2.33. The fourth-order valence-corrected chi connectivity index (χ4v) is 5.55. The first-order valence-corrected chi connectivity index (χ1v) is 12.5. The van der Waals surface area contributed by atoms with Gasteiger partial charge in [-0.15, -0.1) is 0 Å². The number of halogens is 4. The van der Waals surface area contributed by atoms with Crippen LogP contribution in [0.25, 0.3) is 10.9 Å². The Labute approximate surface area is 219 Å². The van der Waals surface area contributed by atoms with Gasteiger partial charge in [-0.2, -0.15) is 23.4 Å². The van der Waals surface area contributed by atoms with Gasteiger partial charge in [0, 0.05) is 37.0 Å². The van der Waals surface area contributed by atoms with Crippen molar-refractivity contribution < 1.29 is 22.8 Å². The summed E-state index contributed by atoms with van der Waals surface area (Å²) in [7, 11) is 0. The number of amides is 3.